The number of rotatable bonds is 4. The molecular formula is C10H21N. The molecule has 3 atom stereocenters. The highest BCUT2D eigenvalue weighted by molar-refractivity contribution is 4.93. The Morgan fingerprint density at radius 3 is 2.27 bits per heavy atom. The third-order valence-electron chi connectivity index (χ3n) is 2.79. The van der Waals surface area contributed by atoms with Crippen molar-refractivity contribution in [3.63, 3.8) is 0 Å². The van der Waals surface area contributed by atoms with Gasteiger partial charge in [0.25, 0.3) is 0 Å². The molecule has 1 aliphatic carbocycles. The lowest BCUT2D eigenvalue weighted by Crippen LogP contribution is -2.36. The molecule has 3 unspecified atom stereocenters. The van der Waals surface area contributed by atoms with Crippen LogP contribution in [0.1, 0.15) is 34.1 Å². The molecule has 1 nitrogen and oxygen atoms in total. The number of hydrogen-bond acceptors (Lipinski definition) is 1. The summed E-state index contributed by atoms with van der Waals surface area (Å²) in [6, 6.07) is 0.773. The van der Waals surface area contributed by atoms with Gasteiger partial charge in [0.1, 0.15) is 0 Å². The molecule has 0 amide bonds. The summed E-state index contributed by atoms with van der Waals surface area (Å²) < 4.78 is 0. The number of nitrogens with one attached hydrogen (secondary N) is 1. The van der Waals surface area contributed by atoms with Crippen LogP contribution in [0.3, 0.4) is 0 Å². The molecule has 0 spiro atoms. The average Bonchev–Trinajstić information content (AvgIpc) is 2.61. The minimum Gasteiger partial charge on any atom is -0.314 e. The van der Waals surface area contributed by atoms with E-state index in [2.05, 4.69) is 33.0 Å². The van der Waals surface area contributed by atoms with Crippen LogP contribution in [0.2, 0.25) is 0 Å². The SMILES string of the molecule is CCNC(C(C)C)C1CC1C. The van der Waals surface area contributed by atoms with Gasteiger partial charge in [0.2, 0.25) is 0 Å². The second-order valence-corrected chi connectivity index (χ2v) is 4.20. The van der Waals surface area contributed by atoms with Gasteiger partial charge in [-0.15, -0.1) is 0 Å². The summed E-state index contributed by atoms with van der Waals surface area (Å²) in [4.78, 5) is 0. The van der Waals surface area contributed by atoms with E-state index in [0.29, 0.717) is 0 Å². The molecule has 1 heteroatoms. The number of hydrogen-bond donors (Lipinski definition) is 1. The Kier molecular flexibility index (Phi) is 2.94. The van der Waals surface area contributed by atoms with E-state index in [1.807, 2.05) is 0 Å². The quantitative estimate of drug-likeness (QED) is 0.656. The third-order valence-corrected chi connectivity index (χ3v) is 2.79. The van der Waals surface area contributed by atoms with E-state index >= 15 is 0 Å². The maximum absolute atomic E-state index is 3.57. The van der Waals surface area contributed by atoms with Crippen molar-refractivity contribution < 1.29 is 0 Å². The molecule has 1 N–H and O–H groups in total. The standard InChI is InChI=1S/C10H21N/c1-5-11-10(7(2)3)9-6-8(9)4/h7-11H,5-6H2,1-4H3. The van der Waals surface area contributed by atoms with Crippen LogP contribution in [-0.4, -0.2) is 12.6 Å². The molecule has 0 aromatic rings. The van der Waals surface area contributed by atoms with Crippen LogP contribution in [0.4, 0.5) is 0 Å². The van der Waals surface area contributed by atoms with Crippen molar-refractivity contribution in [1.29, 1.82) is 0 Å². The Morgan fingerprint density at radius 2 is 2.00 bits per heavy atom. The summed E-state index contributed by atoms with van der Waals surface area (Å²) in [6.45, 7) is 10.3. The maximum atomic E-state index is 3.57. The van der Waals surface area contributed by atoms with Gasteiger partial charge in [-0.25, -0.2) is 0 Å². The first-order valence-electron chi connectivity index (χ1n) is 4.90. The molecule has 1 rings (SSSR count). The summed E-state index contributed by atoms with van der Waals surface area (Å²) in [5.74, 6) is 2.74. The molecule has 0 aliphatic heterocycles. The molecule has 1 saturated carbocycles. The largest absolute Gasteiger partial charge is 0.314 e. The lowest BCUT2D eigenvalue weighted by atomic mass is 9.98. The van der Waals surface area contributed by atoms with E-state index in [-0.39, 0.29) is 0 Å². The molecule has 0 saturated heterocycles. The maximum Gasteiger partial charge on any atom is 0.0121 e. The first kappa shape index (κ1) is 9.05. The molecule has 0 aromatic heterocycles. The predicted molar refractivity (Wildman–Crippen MR) is 49.6 cm³/mol. The van der Waals surface area contributed by atoms with Crippen LogP contribution in [-0.2, 0) is 0 Å². The Hall–Kier alpha value is -0.0400. The zero-order chi connectivity index (χ0) is 8.43. The molecular weight excluding hydrogens is 134 g/mol. The highest BCUT2D eigenvalue weighted by Gasteiger charge is 2.39. The normalized spacial score (nSPS) is 32.5. The van der Waals surface area contributed by atoms with E-state index in [1.54, 1.807) is 0 Å². The molecule has 11 heavy (non-hydrogen) atoms. The lowest BCUT2D eigenvalue weighted by molar-refractivity contribution is 0.357. The van der Waals surface area contributed by atoms with Gasteiger partial charge in [0, 0.05) is 6.04 Å². The van der Waals surface area contributed by atoms with Crippen LogP contribution >= 0.6 is 0 Å². The van der Waals surface area contributed by atoms with Crippen LogP contribution in [0, 0.1) is 17.8 Å². The molecule has 0 aromatic carbocycles. The highest BCUT2D eigenvalue weighted by atomic mass is 14.9. The molecule has 66 valence electrons. The van der Waals surface area contributed by atoms with E-state index in [0.717, 1.165) is 30.3 Å². The first-order valence-corrected chi connectivity index (χ1v) is 4.90. The van der Waals surface area contributed by atoms with Crippen LogP contribution in [0.25, 0.3) is 0 Å². The van der Waals surface area contributed by atoms with Gasteiger partial charge in [-0.05, 0) is 30.7 Å². The molecule has 1 fully saturated rings. The van der Waals surface area contributed by atoms with Gasteiger partial charge in [-0.2, -0.15) is 0 Å². The zero-order valence-corrected chi connectivity index (χ0v) is 8.22. The van der Waals surface area contributed by atoms with Crippen molar-refractivity contribution in [2.45, 2.75) is 40.2 Å². The fraction of sp³-hybridized carbons (Fsp3) is 1.00. The first-order chi connectivity index (χ1) is 5.16. The van der Waals surface area contributed by atoms with Crippen LogP contribution < -0.4 is 5.32 Å². The van der Waals surface area contributed by atoms with Gasteiger partial charge >= 0.3 is 0 Å². The van der Waals surface area contributed by atoms with Crippen molar-refractivity contribution in [2.24, 2.45) is 17.8 Å². The van der Waals surface area contributed by atoms with Crippen molar-refractivity contribution in [2.75, 3.05) is 6.54 Å². The zero-order valence-electron chi connectivity index (χ0n) is 8.22. The lowest BCUT2D eigenvalue weighted by Gasteiger charge is -2.21. The van der Waals surface area contributed by atoms with E-state index in [1.165, 1.54) is 6.42 Å². The van der Waals surface area contributed by atoms with E-state index in [9.17, 15) is 0 Å². The van der Waals surface area contributed by atoms with Gasteiger partial charge in [0.15, 0.2) is 0 Å². The second kappa shape index (κ2) is 3.57. The second-order valence-electron chi connectivity index (χ2n) is 4.20. The fourth-order valence-corrected chi connectivity index (χ4v) is 1.97. The van der Waals surface area contributed by atoms with E-state index < -0.39 is 0 Å². The fourth-order valence-electron chi connectivity index (χ4n) is 1.97. The van der Waals surface area contributed by atoms with Crippen molar-refractivity contribution in [3.05, 3.63) is 0 Å². The molecule has 1 aliphatic rings. The smallest absolute Gasteiger partial charge is 0.0121 e. The van der Waals surface area contributed by atoms with Crippen molar-refractivity contribution >= 4 is 0 Å². The highest BCUT2D eigenvalue weighted by Crippen LogP contribution is 2.42. The minimum atomic E-state index is 0.773. The van der Waals surface area contributed by atoms with Gasteiger partial charge in [-0.1, -0.05) is 27.7 Å². The summed E-state index contributed by atoms with van der Waals surface area (Å²) >= 11 is 0. The van der Waals surface area contributed by atoms with Crippen molar-refractivity contribution in [1.82, 2.24) is 5.32 Å². The Morgan fingerprint density at radius 1 is 1.45 bits per heavy atom. The summed E-state index contributed by atoms with van der Waals surface area (Å²) in [6.07, 6.45) is 1.44. The summed E-state index contributed by atoms with van der Waals surface area (Å²) in [5, 5.41) is 3.57. The molecule has 0 radical (unpaired) electrons. The topological polar surface area (TPSA) is 12.0 Å². The van der Waals surface area contributed by atoms with Crippen LogP contribution in [0.5, 0.6) is 0 Å². The summed E-state index contributed by atoms with van der Waals surface area (Å²) in [7, 11) is 0. The van der Waals surface area contributed by atoms with E-state index in [4.69, 9.17) is 0 Å². The summed E-state index contributed by atoms with van der Waals surface area (Å²) in [5.41, 5.74) is 0. The van der Waals surface area contributed by atoms with Crippen LogP contribution in [0.15, 0.2) is 0 Å². The van der Waals surface area contributed by atoms with Gasteiger partial charge in [-0.3, -0.25) is 0 Å². The molecule has 0 heterocycles. The predicted octanol–water partition coefficient (Wildman–Crippen LogP) is 2.28. The minimum absolute atomic E-state index is 0.773. The third kappa shape index (κ3) is 2.19. The Labute approximate surface area is 70.6 Å². The monoisotopic (exact) mass is 155 g/mol. The van der Waals surface area contributed by atoms with Gasteiger partial charge < -0.3 is 5.32 Å². The average molecular weight is 155 g/mol. The Balaban J connectivity index is 2.34. The molecule has 0 bridgehead atoms. The Bertz CT molecular complexity index is 120. The van der Waals surface area contributed by atoms with Gasteiger partial charge in [0.05, 0.1) is 0 Å². The van der Waals surface area contributed by atoms with Crippen molar-refractivity contribution in [3.8, 4) is 0 Å².